The Bertz CT molecular complexity index is 559. The van der Waals surface area contributed by atoms with Crippen LogP contribution in [0, 0.1) is 5.92 Å². The average molecular weight is 298 g/mol. The predicted octanol–water partition coefficient (Wildman–Crippen LogP) is 0.896. The van der Waals surface area contributed by atoms with Crippen molar-refractivity contribution in [1.29, 1.82) is 0 Å². The van der Waals surface area contributed by atoms with Crippen LogP contribution >= 0.6 is 0 Å². The molecule has 0 fully saturated rings. The van der Waals surface area contributed by atoms with Crippen molar-refractivity contribution in [3.05, 3.63) is 35.4 Å². The predicted molar refractivity (Wildman–Crippen MR) is 78.3 cm³/mol. The molecule has 1 aliphatic heterocycles. The summed E-state index contributed by atoms with van der Waals surface area (Å²) in [6, 6.07) is 7.63. The van der Waals surface area contributed by atoms with Gasteiger partial charge in [0.2, 0.25) is 0 Å². The van der Waals surface area contributed by atoms with Gasteiger partial charge in [-0.05, 0) is 30.4 Å². The monoisotopic (exact) mass is 298 g/mol. The average Bonchev–Trinajstić information content (AvgIpc) is 2.45. The summed E-state index contributed by atoms with van der Waals surface area (Å²) in [5.74, 6) is -0.109. The fourth-order valence-electron chi connectivity index (χ4n) is 2.26. The Hall–Kier alpha value is -0.950. The maximum atomic E-state index is 12.4. The number of benzene rings is 1. The lowest BCUT2D eigenvalue weighted by molar-refractivity contribution is 0.214. The molecule has 2 rings (SSSR count). The number of aliphatic hydroxyl groups excluding tert-OH is 1. The largest absolute Gasteiger partial charge is 0.396 e. The third-order valence-corrected chi connectivity index (χ3v) is 5.57. The molecule has 1 aromatic rings. The van der Waals surface area contributed by atoms with Crippen LogP contribution in [0.4, 0.5) is 0 Å². The molecule has 0 spiro atoms. The highest BCUT2D eigenvalue weighted by Crippen LogP contribution is 2.20. The Labute approximate surface area is 120 Å². The van der Waals surface area contributed by atoms with Crippen molar-refractivity contribution in [3.63, 3.8) is 0 Å². The topological polar surface area (TPSA) is 69.6 Å². The fraction of sp³-hybridized carbons (Fsp3) is 0.571. The molecular weight excluding hydrogens is 276 g/mol. The molecule has 2 N–H and O–H groups in total. The molecule has 1 heterocycles. The van der Waals surface area contributed by atoms with Crippen molar-refractivity contribution in [2.24, 2.45) is 5.92 Å². The van der Waals surface area contributed by atoms with Gasteiger partial charge in [0.05, 0.1) is 0 Å². The van der Waals surface area contributed by atoms with E-state index in [4.69, 9.17) is 5.11 Å². The van der Waals surface area contributed by atoms with Gasteiger partial charge >= 0.3 is 0 Å². The zero-order valence-corrected chi connectivity index (χ0v) is 12.7. The molecular formula is C14H22N2O3S. The third-order valence-electron chi connectivity index (χ3n) is 3.91. The molecule has 2 atom stereocenters. The minimum absolute atomic E-state index is 0.0352. The Kier molecular flexibility index (Phi) is 4.80. The van der Waals surface area contributed by atoms with Gasteiger partial charge in [0.25, 0.3) is 10.2 Å². The molecule has 0 saturated carbocycles. The second-order valence-electron chi connectivity index (χ2n) is 5.42. The molecule has 5 nitrogen and oxygen atoms in total. The molecule has 0 amide bonds. The highest BCUT2D eigenvalue weighted by Gasteiger charge is 2.28. The second kappa shape index (κ2) is 6.22. The van der Waals surface area contributed by atoms with Gasteiger partial charge in [0.1, 0.15) is 0 Å². The van der Waals surface area contributed by atoms with Crippen molar-refractivity contribution in [2.45, 2.75) is 32.9 Å². The van der Waals surface area contributed by atoms with E-state index < -0.39 is 10.2 Å². The minimum Gasteiger partial charge on any atom is -0.396 e. The standard InChI is InChI=1S/C14H22N2O3S/c1-11(10-17)12(2)15-20(18,19)16-8-7-13-5-3-4-6-14(13)9-16/h3-6,11-12,15,17H,7-10H2,1-2H3. The zero-order valence-electron chi connectivity index (χ0n) is 11.9. The quantitative estimate of drug-likeness (QED) is 0.848. The first-order valence-corrected chi connectivity index (χ1v) is 8.33. The molecule has 112 valence electrons. The summed E-state index contributed by atoms with van der Waals surface area (Å²) in [6.45, 7) is 4.46. The first kappa shape index (κ1) is 15.4. The maximum absolute atomic E-state index is 12.4. The van der Waals surface area contributed by atoms with Crippen LogP contribution in [0.2, 0.25) is 0 Å². The summed E-state index contributed by atoms with van der Waals surface area (Å²) in [7, 11) is -3.51. The van der Waals surface area contributed by atoms with E-state index in [1.165, 1.54) is 9.87 Å². The van der Waals surface area contributed by atoms with Crippen molar-refractivity contribution < 1.29 is 13.5 Å². The number of hydrogen-bond acceptors (Lipinski definition) is 3. The van der Waals surface area contributed by atoms with Gasteiger partial charge in [0.15, 0.2) is 0 Å². The van der Waals surface area contributed by atoms with E-state index in [2.05, 4.69) is 4.72 Å². The third kappa shape index (κ3) is 3.38. The lowest BCUT2D eigenvalue weighted by Crippen LogP contribution is -2.48. The molecule has 1 aliphatic rings. The SMILES string of the molecule is CC(CO)C(C)NS(=O)(=O)N1CCc2ccccc2C1. The summed E-state index contributed by atoms with van der Waals surface area (Å²) >= 11 is 0. The molecule has 0 aliphatic carbocycles. The van der Waals surface area contributed by atoms with Gasteiger partial charge in [-0.2, -0.15) is 17.4 Å². The van der Waals surface area contributed by atoms with Crippen LogP contribution < -0.4 is 4.72 Å². The van der Waals surface area contributed by atoms with E-state index in [1.54, 1.807) is 6.92 Å². The fourth-order valence-corrected chi connectivity index (χ4v) is 3.75. The van der Waals surface area contributed by atoms with Crippen LogP contribution in [0.15, 0.2) is 24.3 Å². The van der Waals surface area contributed by atoms with Gasteiger partial charge in [-0.25, -0.2) is 0 Å². The van der Waals surface area contributed by atoms with E-state index in [0.29, 0.717) is 13.1 Å². The number of hydrogen-bond donors (Lipinski definition) is 2. The molecule has 0 aromatic heterocycles. The number of fused-ring (bicyclic) bond motifs is 1. The highest BCUT2D eigenvalue weighted by atomic mass is 32.2. The number of aliphatic hydroxyl groups is 1. The van der Waals surface area contributed by atoms with Gasteiger partial charge in [-0.3, -0.25) is 0 Å². The lowest BCUT2D eigenvalue weighted by Gasteiger charge is -2.30. The van der Waals surface area contributed by atoms with Crippen molar-refractivity contribution in [2.75, 3.05) is 13.2 Å². The summed E-state index contributed by atoms with van der Waals surface area (Å²) < 4.78 is 28.8. The van der Waals surface area contributed by atoms with Crippen molar-refractivity contribution >= 4 is 10.2 Å². The number of rotatable bonds is 5. The molecule has 0 bridgehead atoms. The second-order valence-corrected chi connectivity index (χ2v) is 7.13. The van der Waals surface area contributed by atoms with Crippen molar-refractivity contribution in [3.8, 4) is 0 Å². The molecule has 1 aromatic carbocycles. The van der Waals surface area contributed by atoms with Crippen LogP contribution in [0.25, 0.3) is 0 Å². The van der Waals surface area contributed by atoms with Crippen LogP contribution in [-0.4, -0.2) is 37.0 Å². The van der Waals surface area contributed by atoms with Gasteiger partial charge in [0, 0.05) is 25.7 Å². The van der Waals surface area contributed by atoms with Gasteiger partial charge in [-0.1, -0.05) is 31.2 Å². The number of nitrogens with one attached hydrogen (secondary N) is 1. The van der Waals surface area contributed by atoms with Crippen LogP contribution in [0.1, 0.15) is 25.0 Å². The molecule has 2 unspecified atom stereocenters. The van der Waals surface area contributed by atoms with Crippen molar-refractivity contribution in [1.82, 2.24) is 9.03 Å². The molecule has 0 radical (unpaired) electrons. The van der Waals surface area contributed by atoms with Crippen LogP contribution in [0.3, 0.4) is 0 Å². The Morgan fingerprint density at radius 1 is 1.30 bits per heavy atom. The molecule has 20 heavy (non-hydrogen) atoms. The Morgan fingerprint density at radius 3 is 2.60 bits per heavy atom. The van der Waals surface area contributed by atoms with Crippen LogP contribution in [0.5, 0.6) is 0 Å². The summed E-state index contributed by atoms with van der Waals surface area (Å²) in [5.41, 5.74) is 2.28. The first-order chi connectivity index (χ1) is 9.44. The Balaban J connectivity index is 2.09. The van der Waals surface area contributed by atoms with E-state index in [9.17, 15) is 8.42 Å². The minimum atomic E-state index is -3.51. The van der Waals surface area contributed by atoms with Gasteiger partial charge in [-0.15, -0.1) is 0 Å². The summed E-state index contributed by atoms with van der Waals surface area (Å²) in [6.07, 6.45) is 0.737. The Morgan fingerprint density at radius 2 is 1.95 bits per heavy atom. The zero-order chi connectivity index (χ0) is 14.8. The lowest BCUT2D eigenvalue weighted by atomic mass is 10.0. The van der Waals surface area contributed by atoms with E-state index >= 15 is 0 Å². The highest BCUT2D eigenvalue weighted by molar-refractivity contribution is 7.87. The van der Waals surface area contributed by atoms with E-state index in [1.807, 2.05) is 31.2 Å². The van der Waals surface area contributed by atoms with E-state index in [0.717, 1.165) is 12.0 Å². The summed E-state index contributed by atoms with van der Waals surface area (Å²) in [5, 5.41) is 9.09. The normalized spacial score (nSPS) is 19.4. The van der Waals surface area contributed by atoms with Gasteiger partial charge < -0.3 is 5.11 Å². The first-order valence-electron chi connectivity index (χ1n) is 6.89. The number of nitrogens with zero attached hydrogens (tertiary/aromatic N) is 1. The van der Waals surface area contributed by atoms with Crippen LogP contribution in [-0.2, 0) is 23.2 Å². The summed E-state index contributed by atoms with van der Waals surface area (Å²) in [4.78, 5) is 0. The smallest absolute Gasteiger partial charge is 0.280 e. The molecule has 6 heteroatoms. The maximum Gasteiger partial charge on any atom is 0.280 e. The molecule has 0 saturated heterocycles. The van der Waals surface area contributed by atoms with E-state index in [-0.39, 0.29) is 18.6 Å².